The molecule has 1 aliphatic heterocycles. The first-order valence-corrected chi connectivity index (χ1v) is 7.32. The molecule has 0 radical (unpaired) electrons. The Hall–Kier alpha value is -0.580. The van der Waals surface area contributed by atoms with Gasteiger partial charge in [0.25, 0.3) is 0 Å². The van der Waals surface area contributed by atoms with Crippen LogP contribution in [0, 0.1) is 5.92 Å². The zero-order chi connectivity index (χ0) is 13.0. The predicted octanol–water partition coefficient (Wildman–Crippen LogP) is 2.38. The van der Waals surface area contributed by atoms with Crippen molar-refractivity contribution in [3.05, 3.63) is 28.2 Å². The lowest BCUT2D eigenvalue weighted by Gasteiger charge is -2.34. The van der Waals surface area contributed by atoms with Crippen molar-refractivity contribution in [1.82, 2.24) is 5.32 Å². The van der Waals surface area contributed by atoms with E-state index >= 15 is 0 Å². The molecule has 100 valence electrons. The Balaban J connectivity index is 2.12. The predicted molar refractivity (Wildman–Crippen MR) is 78.9 cm³/mol. The minimum absolute atomic E-state index is 0.298. The molecular weight excluding hydrogens is 292 g/mol. The lowest BCUT2D eigenvalue weighted by Crippen LogP contribution is -2.37. The van der Waals surface area contributed by atoms with Gasteiger partial charge in [-0.15, -0.1) is 0 Å². The van der Waals surface area contributed by atoms with Crippen molar-refractivity contribution in [3.8, 4) is 0 Å². The molecule has 1 fully saturated rings. The number of rotatable bonds is 4. The third-order valence-electron chi connectivity index (χ3n) is 3.51. The first kappa shape index (κ1) is 13.8. The summed E-state index contributed by atoms with van der Waals surface area (Å²) >= 11 is 3.66. The highest BCUT2D eigenvalue weighted by atomic mass is 79.9. The normalized spacial score (nSPS) is 20.2. The second-order valence-electron chi connectivity index (χ2n) is 4.95. The second kappa shape index (κ2) is 6.55. The van der Waals surface area contributed by atoms with Gasteiger partial charge in [-0.25, -0.2) is 0 Å². The van der Waals surface area contributed by atoms with Crippen LogP contribution in [0.1, 0.15) is 18.4 Å². The first-order chi connectivity index (χ1) is 8.74. The molecule has 1 aliphatic rings. The Kier molecular flexibility index (Phi) is 5.03. The summed E-state index contributed by atoms with van der Waals surface area (Å²) in [4.78, 5) is 2.37. The molecule has 1 unspecified atom stereocenters. The van der Waals surface area contributed by atoms with Crippen molar-refractivity contribution in [2.75, 3.05) is 31.6 Å². The van der Waals surface area contributed by atoms with Gasteiger partial charge in [-0.1, -0.05) is 6.07 Å². The van der Waals surface area contributed by atoms with Gasteiger partial charge in [0.1, 0.15) is 0 Å². The molecule has 2 rings (SSSR count). The van der Waals surface area contributed by atoms with Crippen LogP contribution >= 0.6 is 15.9 Å². The number of hydrogen-bond acceptors (Lipinski definition) is 3. The van der Waals surface area contributed by atoms with E-state index in [-0.39, 0.29) is 0 Å². The van der Waals surface area contributed by atoms with E-state index in [0.717, 1.165) is 36.9 Å². The molecule has 1 saturated heterocycles. The molecule has 3 nitrogen and oxygen atoms in total. The third kappa shape index (κ3) is 3.25. The molecule has 1 aromatic rings. The monoisotopic (exact) mass is 312 g/mol. The van der Waals surface area contributed by atoms with Gasteiger partial charge in [0, 0.05) is 30.7 Å². The summed E-state index contributed by atoms with van der Waals surface area (Å²) in [5.41, 5.74) is 2.52. The Morgan fingerprint density at radius 2 is 2.33 bits per heavy atom. The van der Waals surface area contributed by atoms with E-state index in [2.05, 4.69) is 44.3 Å². The van der Waals surface area contributed by atoms with Crippen molar-refractivity contribution in [1.29, 1.82) is 0 Å². The summed E-state index contributed by atoms with van der Waals surface area (Å²) in [5, 5.41) is 12.5. The Morgan fingerprint density at radius 1 is 1.50 bits per heavy atom. The van der Waals surface area contributed by atoms with E-state index in [4.69, 9.17) is 0 Å². The summed E-state index contributed by atoms with van der Waals surface area (Å²) in [6.07, 6.45) is 2.30. The fraction of sp³-hybridized carbons (Fsp3) is 0.571. The number of piperidine rings is 1. The SMILES string of the molecule is CNCc1ccc(N2CCCC(CO)C2)c(Br)c1. The molecule has 0 amide bonds. The maximum Gasteiger partial charge on any atom is 0.0510 e. The van der Waals surface area contributed by atoms with Crippen molar-refractivity contribution < 1.29 is 5.11 Å². The van der Waals surface area contributed by atoms with E-state index in [1.807, 2.05) is 7.05 Å². The van der Waals surface area contributed by atoms with Gasteiger partial charge in [-0.05, 0) is 59.4 Å². The van der Waals surface area contributed by atoms with Crippen LogP contribution in [-0.2, 0) is 6.54 Å². The summed E-state index contributed by atoms with van der Waals surface area (Å²) in [6, 6.07) is 6.52. The number of nitrogens with zero attached hydrogens (tertiary/aromatic N) is 1. The van der Waals surface area contributed by atoms with E-state index in [9.17, 15) is 5.11 Å². The third-order valence-corrected chi connectivity index (χ3v) is 4.15. The molecule has 2 N–H and O–H groups in total. The van der Waals surface area contributed by atoms with Gasteiger partial charge in [-0.2, -0.15) is 0 Å². The number of halogens is 1. The van der Waals surface area contributed by atoms with Crippen molar-refractivity contribution >= 4 is 21.6 Å². The zero-order valence-electron chi connectivity index (χ0n) is 10.8. The number of aliphatic hydroxyl groups is 1. The van der Waals surface area contributed by atoms with Crippen LogP contribution in [0.5, 0.6) is 0 Å². The average Bonchev–Trinajstić information content (AvgIpc) is 2.39. The lowest BCUT2D eigenvalue weighted by atomic mass is 9.98. The molecule has 18 heavy (non-hydrogen) atoms. The Bertz CT molecular complexity index is 397. The standard InChI is InChI=1S/C14H21BrN2O/c1-16-8-11-4-5-14(13(15)7-11)17-6-2-3-12(9-17)10-18/h4-5,7,12,16,18H,2-3,6,8-10H2,1H3. The topological polar surface area (TPSA) is 35.5 Å². The maximum absolute atomic E-state index is 9.29. The highest BCUT2D eigenvalue weighted by Crippen LogP contribution is 2.30. The molecule has 4 heteroatoms. The van der Waals surface area contributed by atoms with E-state index in [1.165, 1.54) is 11.3 Å². The van der Waals surface area contributed by atoms with Gasteiger partial charge in [0.05, 0.1) is 5.69 Å². The zero-order valence-corrected chi connectivity index (χ0v) is 12.4. The van der Waals surface area contributed by atoms with Gasteiger partial charge in [-0.3, -0.25) is 0 Å². The van der Waals surface area contributed by atoms with Crippen LogP contribution in [0.3, 0.4) is 0 Å². The second-order valence-corrected chi connectivity index (χ2v) is 5.81. The van der Waals surface area contributed by atoms with Crippen LogP contribution in [0.4, 0.5) is 5.69 Å². The first-order valence-electron chi connectivity index (χ1n) is 6.53. The molecule has 1 heterocycles. The van der Waals surface area contributed by atoms with Crippen molar-refractivity contribution in [2.45, 2.75) is 19.4 Å². The van der Waals surface area contributed by atoms with Crippen molar-refractivity contribution in [2.24, 2.45) is 5.92 Å². The van der Waals surface area contributed by atoms with E-state index < -0.39 is 0 Å². The largest absolute Gasteiger partial charge is 0.396 e. The molecule has 0 saturated carbocycles. The average molecular weight is 313 g/mol. The summed E-state index contributed by atoms with van der Waals surface area (Å²) in [6.45, 7) is 3.23. The number of nitrogens with one attached hydrogen (secondary N) is 1. The Labute approximate surface area is 117 Å². The van der Waals surface area contributed by atoms with E-state index in [0.29, 0.717) is 12.5 Å². The number of aliphatic hydroxyl groups excluding tert-OH is 1. The number of anilines is 1. The molecule has 1 atom stereocenters. The molecule has 1 aromatic carbocycles. The molecule has 0 aliphatic carbocycles. The van der Waals surface area contributed by atoms with Gasteiger partial charge < -0.3 is 15.3 Å². The highest BCUT2D eigenvalue weighted by molar-refractivity contribution is 9.10. The van der Waals surface area contributed by atoms with Gasteiger partial charge in [0.2, 0.25) is 0 Å². The molecular formula is C14H21BrN2O. The number of hydrogen-bond donors (Lipinski definition) is 2. The van der Waals surface area contributed by atoms with E-state index in [1.54, 1.807) is 0 Å². The quantitative estimate of drug-likeness (QED) is 0.896. The molecule has 0 bridgehead atoms. The summed E-state index contributed by atoms with van der Waals surface area (Å²) in [5.74, 6) is 0.419. The van der Waals surface area contributed by atoms with Crippen LogP contribution in [0.15, 0.2) is 22.7 Å². The van der Waals surface area contributed by atoms with Crippen LogP contribution in [0.25, 0.3) is 0 Å². The lowest BCUT2D eigenvalue weighted by molar-refractivity contribution is 0.208. The minimum Gasteiger partial charge on any atom is -0.396 e. The van der Waals surface area contributed by atoms with Crippen LogP contribution < -0.4 is 10.2 Å². The summed E-state index contributed by atoms with van der Waals surface area (Å²) in [7, 11) is 1.96. The van der Waals surface area contributed by atoms with Crippen LogP contribution in [-0.4, -0.2) is 31.9 Å². The Morgan fingerprint density at radius 3 is 3.00 bits per heavy atom. The molecule has 0 aromatic heterocycles. The van der Waals surface area contributed by atoms with Gasteiger partial charge in [0.15, 0.2) is 0 Å². The van der Waals surface area contributed by atoms with Crippen LogP contribution in [0.2, 0.25) is 0 Å². The summed E-state index contributed by atoms with van der Waals surface area (Å²) < 4.78 is 1.15. The van der Waals surface area contributed by atoms with Crippen molar-refractivity contribution in [3.63, 3.8) is 0 Å². The smallest absolute Gasteiger partial charge is 0.0510 e. The van der Waals surface area contributed by atoms with Gasteiger partial charge >= 0.3 is 0 Å². The highest BCUT2D eigenvalue weighted by Gasteiger charge is 2.20. The number of benzene rings is 1. The minimum atomic E-state index is 0.298. The maximum atomic E-state index is 9.29. The fourth-order valence-corrected chi connectivity index (χ4v) is 3.23. The molecule has 0 spiro atoms. The fourth-order valence-electron chi connectivity index (χ4n) is 2.55.